The zero-order chi connectivity index (χ0) is 32.8. The maximum Gasteiger partial charge on any atom is 0.145 e. The van der Waals surface area contributed by atoms with Crippen LogP contribution in [0, 0.1) is 5.92 Å². The Morgan fingerprint density at radius 1 is 0.511 bits per heavy atom. The van der Waals surface area contributed by atoms with Gasteiger partial charge in [0.1, 0.15) is 5.75 Å². The molecule has 1 unspecified atom stereocenters. The van der Waals surface area contributed by atoms with Crippen LogP contribution in [0.4, 0.5) is 0 Å². The van der Waals surface area contributed by atoms with Gasteiger partial charge in [0.15, 0.2) is 0 Å². The Morgan fingerprint density at radius 2 is 1.02 bits per heavy atom. The monoisotopic (exact) mass is 674 g/mol. The topological polar surface area (TPSA) is 9.23 Å². The summed E-state index contributed by atoms with van der Waals surface area (Å²) in [5.41, 5.74) is 3.00. The number of hydrogen-bond donors (Lipinski definition) is 0. The van der Waals surface area contributed by atoms with E-state index in [1.54, 1.807) is 5.56 Å². The molecule has 0 N–H and O–H groups in total. The molecule has 260 valence electrons. The minimum Gasteiger partial charge on any atom is -0.491 e. The van der Waals surface area contributed by atoms with Gasteiger partial charge in [-0.1, -0.05) is 160 Å². The van der Waals surface area contributed by atoms with Crippen molar-refractivity contribution in [3.05, 3.63) is 64.4 Å². The van der Waals surface area contributed by atoms with Gasteiger partial charge in [0, 0.05) is 15.5 Å². The third-order valence-electron chi connectivity index (χ3n) is 10.3. The molecule has 2 heterocycles. The molecule has 2 aromatic carbocycles. The lowest BCUT2D eigenvalue weighted by atomic mass is 9.94. The summed E-state index contributed by atoms with van der Waals surface area (Å²) in [6.45, 7) is 5.50. The fourth-order valence-electron chi connectivity index (χ4n) is 7.36. The molecule has 0 amide bonds. The van der Waals surface area contributed by atoms with Crippen molar-refractivity contribution in [3.8, 4) is 5.75 Å². The fourth-order valence-corrected chi connectivity index (χ4v) is 9.27. The van der Waals surface area contributed by atoms with E-state index in [4.69, 9.17) is 4.74 Å². The molecule has 4 rings (SSSR count). The second-order valence-corrected chi connectivity index (χ2v) is 16.1. The van der Waals surface area contributed by atoms with Crippen LogP contribution in [0.3, 0.4) is 0 Å². The summed E-state index contributed by atoms with van der Waals surface area (Å²) in [4.78, 5) is 0. The van der Waals surface area contributed by atoms with Crippen LogP contribution in [0.5, 0.6) is 5.75 Å². The standard InChI is InChI=1S/C44H66OS2/c1-3-5-7-9-11-13-14-16-18-21-30-38(29-20-17-15-12-10-8-6-4-2)36-45-42-41-33-35-46-43(41)39(40-32-34-47-44(40)42)31-25-24-28-37-26-22-19-23-27-37/h19,22-23,26-27,32-35,38H,3-18,20-21,24-25,28-31,36H2,1-2H3. The van der Waals surface area contributed by atoms with Gasteiger partial charge in [-0.15, -0.1) is 22.7 Å². The molecule has 2 aromatic heterocycles. The molecule has 0 saturated heterocycles. The predicted molar refractivity (Wildman–Crippen MR) is 213 cm³/mol. The summed E-state index contributed by atoms with van der Waals surface area (Å²) < 4.78 is 9.76. The highest BCUT2D eigenvalue weighted by Gasteiger charge is 2.19. The molecule has 0 aliphatic carbocycles. The Balaban J connectivity index is 1.31. The summed E-state index contributed by atoms with van der Waals surface area (Å²) in [5.74, 6) is 1.84. The molecule has 3 heteroatoms. The minimum absolute atomic E-state index is 0.672. The van der Waals surface area contributed by atoms with Crippen molar-refractivity contribution in [1.29, 1.82) is 0 Å². The first kappa shape index (κ1) is 38.0. The Hall–Kier alpha value is -1.84. The Morgan fingerprint density at radius 3 is 1.62 bits per heavy atom. The van der Waals surface area contributed by atoms with Gasteiger partial charge in [-0.25, -0.2) is 0 Å². The van der Waals surface area contributed by atoms with Gasteiger partial charge in [0.25, 0.3) is 0 Å². The van der Waals surface area contributed by atoms with Crippen LogP contribution >= 0.6 is 22.7 Å². The van der Waals surface area contributed by atoms with Crippen LogP contribution in [0.15, 0.2) is 53.2 Å². The zero-order valence-electron chi connectivity index (χ0n) is 30.2. The molecule has 0 aliphatic rings. The second-order valence-electron chi connectivity index (χ2n) is 14.2. The Labute approximate surface area is 296 Å². The van der Waals surface area contributed by atoms with Crippen molar-refractivity contribution in [1.82, 2.24) is 0 Å². The van der Waals surface area contributed by atoms with Crippen molar-refractivity contribution in [2.24, 2.45) is 5.92 Å². The summed E-state index contributed by atoms with van der Waals surface area (Å²) in [7, 11) is 0. The van der Waals surface area contributed by atoms with Crippen LogP contribution < -0.4 is 4.74 Å². The highest BCUT2D eigenvalue weighted by Crippen LogP contribution is 2.44. The SMILES string of the molecule is CCCCCCCCCCCCC(CCCCCCCCCC)COc1c2ccsc2c(CCCCc2ccccc2)c2ccsc12. The van der Waals surface area contributed by atoms with Crippen LogP contribution in [-0.4, -0.2) is 6.61 Å². The van der Waals surface area contributed by atoms with Crippen LogP contribution in [0.2, 0.25) is 0 Å². The molecular weight excluding hydrogens is 609 g/mol. The summed E-state index contributed by atoms with van der Waals surface area (Å²) in [6, 6.07) is 15.7. The largest absolute Gasteiger partial charge is 0.491 e. The Bertz CT molecular complexity index is 1280. The third-order valence-corrected chi connectivity index (χ3v) is 12.1. The molecule has 0 radical (unpaired) electrons. The molecule has 0 aliphatic heterocycles. The van der Waals surface area contributed by atoms with Gasteiger partial charge in [0.05, 0.1) is 11.3 Å². The molecular formula is C44H66OS2. The van der Waals surface area contributed by atoms with Crippen molar-refractivity contribution in [3.63, 3.8) is 0 Å². The van der Waals surface area contributed by atoms with Gasteiger partial charge >= 0.3 is 0 Å². The number of ether oxygens (including phenoxy) is 1. The molecule has 0 fully saturated rings. The molecule has 4 aromatic rings. The first-order valence-electron chi connectivity index (χ1n) is 19.9. The van der Waals surface area contributed by atoms with E-state index in [9.17, 15) is 0 Å². The first-order chi connectivity index (χ1) is 23.3. The van der Waals surface area contributed by atoms with Crippen molar-refractivity contribution < 1.29 is 4.74 Å². The van der Waals surface area contributed by atoms with E-state index in [1.807, 2.05) is 22.7 Å². The van der Waals surface area contributed by atoms with Gasteiger partial charge in [-0.2, -0.15) is 0 Å². The number of thiophene rings is 2. The average molecular weight is 675 g/mol. The first-order valence-corrected chi connectivity index (χ1v) is 21.6. The lowest BCUT2D eigenvalue weighted by Crippen LogP contribution is -2.13. The highest BCUT2D eigenvalue weighted by atomic mass is 32.1. The molecule has 0 saturated carbocycles. The lowest BCUT2D eigenvalue weighted by Gasteiger charge is -2.20. The Kier molecular flexibility index (Phi) is 19.0. The highest BCUT2D eigenvalue weighted by molar-refractivity contribution is 7.19. The smallest absolute Gasteiger partial charge is 0.145 e. The lowest BCUT2D eigenvalue weighted by molar-refractivity contribution is 0.228. The van der Waals surface area contributed by atoms with E-state index in [2.05, 4.69) is 67.1 Å². The van der Waals surface area contributed by atoms with Crippen molar-refractivity contribution in [2.45, 2.75) is 168 Å². The van der Waals surface area contributed by atoms with Crippen molar-refractivity contribution >= 4 is 42.8 Å². The number of benzene rings is 2. The average Bonchev–Trinajstić information content (AvgIpc) is 3.79. The summed E-state index contributed by atoms with van der Waals surface area (Å²) in [5, 5.41) is 7.37. The van der Waals surface area contributed by atoms with E-state index in [1.165, 1.54) is 179 Å². The van der Waals surface area contributed by atoms with Crippen LogP contribution in [0.1, 0.15) is 166 Å². The number of unbranched alkanes of at least 4 members (excludes halogenated alkanes) is 17. The minimum atomic E-state index is 0.672. The number of hydrogen-bond acceptors (Lipinski definition) is 3. The molecule has 0 bridgehead atoms. The van der Waals surface area contributed by atoms with Gasteiger partial charge in [-0.3, -0.25) is 0 Å². The number of fused-ring (bicyclic) bond motifs is 2. The number of aryl methyl sites for hydroxylation is 2. The van der Waals surface area contributed by atoms with Crippen LogP contribution in [-0.2, 0) is 12.8 Å². The number of rotatable bonds is 28. The summed E-state index contributed by atoms with van der Waals surface area (Å²) >= 11 is 3.80. The molecule has 47 heavy (non-hydrogen) atoms. The second kappa shape index (κ2) is 23.5. The van der Waals surface area contributed by atoms with E-state index in [0.29, 0.717) is 5.92 Å². The molecule has 1 atom stereocenters. The van der Waals surface area contributed by atoms with Crippen molar-refractivity contribution in [2.75, 3.05) is 6.61 Å². The maximum atomic E-state index is 6.93. The molecule has 0 spiro atoms. The third kappa shape index (κ3) is 13.5. The van der Waals surface area contributed by atoms with Crippen LogP contribution in [0.25, 0.3) is 20.2 Å². The maximum absolute atomic E-state index is 6.93. The van der Waals surface area contributed by atoms with E-state index in [-0.39, 0.29) is 0 Å². The van der Waals surface area contributed by atoms with E-state index in [0.717, 1.165) is 13.0 Å². The van der Waals surface area contributed by atoms with E-state index >= 15 is 0 Å². The van der Waals surface area contributed by atoms with Gasteiger partial charge < -0.3 is 4.74 Å². The fraction of sp³-hybridized carbons (Fsp3) is 0.636. The van der Waals surface area contributed by atoms with E-state index < -0.39 is 0 Å². The quantitative estimate of drug-likeness (QED) is 0.0545. The van der Waals surface area contributed by atoms with Gasteiger partial charge in [-0.05, 0) is 78.5 Å². The predicted octanol–water partition coefficient (Wildman–Crippen LogP) is 15.5. The normalized spacial score (nSPS) is 12.4. The molecule has 1 nitrogen and oxygen atoms in total. The zero-order valence-corrected chi connectivity index (χ0v) is 31.8. The summed E-state index contributed by atoms with van der Waals surface area (Å²) in [6.07, 6.45) is 32.7. The van der Waals surface area contributed by atoms with Gasteiger partial charge in [0.2, 0.25) is 0 Å².